The summed E-state index contributed by atoms with van der Waals surface area (Å²) in [4.78, 5) is 24.0. The largest absolute Gasteiger partial charge is 0.493 e. The molecule has 0 unspecified atom stereocenters. The van der Waals surface area contributed by atoms with E-state index in [9.17, 15) is 9.59 Å². The van der Waals surface area contributed by atoms with E-state index < -0.39 is 18.0 Å². The summed E-state index contributed by atoms with van der Waals surface area (Å²) < 4.78 is 15.6. The molecule has 0 saturated heterocycles. The third-order valence-electron chi connectivity index (χ3n) is 3.60. The van der Waals surface area contributed by atoms with Crippen LogP contribution in [0.1, 0.15) is 12.5 Å². The van der Waals surface area contributed by atoms with Crippen molar-refractivity contribution in [2.24, 2.45) is 0 Å². The first kappa shape index (κ1) is 20.5. The Labute approximate surface area is 163 Å². The van der Waals surface area contributed by atoms with Crippen molar-refractivity contribution >= 4 is 23.6 Å². The quantitative estimate of drug-likeness (QED) is 0.558. The third kappa shape index (κ3) is 6.18. The standard InChI is InChI=1S/C21H20N2O5/c1-15(21(25)23-17-6-4-3-5-7-17)28-20(24)11-9-16-8-10-18(27-13-12-22)19(14-16)26-2/h3-11,14-15H,13H2,1-2H3,(H,23,25)/b11-9+/t15-/m1/s1. The monoisotopic (exact) mass is 380 g/mol. The molecule has 0 heterocycles. The summed E-state index contributed by atoms with van der Waals surface area (Å²) in [5, 5.41) is 11.2. The third-order valence-corrected chi connectivity index (χ3v) is 3.60. The molecular weight excluding hydrogens is 360 g/mol. The lowest BCUT2D eigenvalue weighted by molar-refractivity contribution is -0.148. The van der Waals surface area contributed by atoms with Crippen molar-refractivity contribution < 1.29 is 23.8 Å². The predicted octanol–water partition coefficient (Wildman–Crippen LogP) is 3.18. The Morgan fingerprint density at radius 1 is 1.18 bits per heavy atom. The fourth-order valence-electron chi connectivity index (χ4n) is 2.21. The van der Waals surface area contributed by atoms with Gasteiger partial charge in [0.2, 0.25) is 0 Å². The van der Waals surface area contributed by atoms with E-state index in [1.165, 1.54) is 26.2 Å². The molecule has 0 saturated carbocycles. The van der Waals surface area contributed by atoms with Gasteiger partial charge in [-0.05, 0) is 42.8 Å². The van der Waals surface area contributed by atoms with E-state index in [1.54, 1.807) is 42.5 Å². The number of hydrogen-bond donors (Lipinski definition) is 1. The molecule has 0 aliphatic rings. The van der Waals surface area contributed by atoms with Gasteiger partial charge in [0.1, 0.15) is 6.07 Å². The molecule has 2 aromatic rings. The number of para-hydroxylation sites is 1. The van der Waals surface area contributed by atoms with Crippen LogP contribution < -0.4 is 14.8 Å². The molecule has 0 aliphatic carbocycles. The number of esters is 1. The topological polar surface area (TPSA) is 97.7 Å². The highest BCUT2D eigenvalue weighted by atomic mass is 16.5. The highest BCUT2D eigenvalue weighted by Gasteiger charge is 2.16. The molecular formula is C21H20N2O5. The van der Waals surface area contributed by atoms with Crippen LogP contribution in [0.2, 0.25) is 0 Å². The van der Waals surface area contributed by atoms with E-state index in [4.69, 9.17) is 19.5 Å². The number of nitrogens with one attached hydrogen (secondary N) is 1. The van der Waals surface area contributed by atoms with Crippen molar-refractivity contribution in [2.75, 3.05) is 19.0 Å². The van der Waals surface area contributed by atoms with Crippen LogP contribution >= 0.6 is 0 Å². The number of hydrogen-bond acceptors (Lipinski definition) is 6. The van der Waals surface area contributed by atoms with Crippen molar-refractivity contribution in [3.63, 3.8) is 0 Å². The molecule has 2 rings (SSSR count). The minimum atomic E-state index is -0.950. The summed E-state index contributed by atoms with van der Waals surface area (Å²) in [6, 6.07) is 15.8. The Morgan fingerprint density at radius 2 is 1.93 bits per heavy atom. The maximum atomic E-state index is 12.1. The number of amides is 1. The first-order valence-corrected chi connectivity index (χ1v) is 8.46. The summed E-state index contributed by atoms with van der Waals surface area (Å²) >= 11 is 0. The summed E-state index contributed by atoms with van der Waals surface area (Å²) in [7, 11) is 1.48. The van der Waals surface area contributed by atoms with E-state index in [2.05, 4.69) is 5.32 Å². The molecule has 1 amide bonds. The number of nitriles is 1. The minimum absolute atomic E-state index is 0.0964. The number of carbonyl (C=O) groups is 2. The highest BCUT2D eigenvalue weighted by molar-refractivity contribution is 5.96. The molecule has 7 heteroatoms. The SMILES string of the molecule is COc1cc(/C=C/C(=O)O[C@H](C)C(=O)Nc2ccccc2)ccc1OCC#N. The summed E-state index contributed by atoms with van der Waals surface area (Å²) in [5.74, 6) is -0.218. The molecule has 0 bridgehead atoms. The lowest BCUT2D eigenvalue weighted by Crippen LogP contribution is -2.29. The van der Waals surface area contributed by atoms with E-state index in [0.717, 1.165) is 0 Å². The van der Waals surface area contributed by atoms with Crippen molar-refractivity contribution in [3.05, 3.63) is 60.2 Å². The predicted molar refractivity (Wildman–Crippen MR) is 104 cm³/mol. The number of ether oxygens (including phenoxy) is 3. The lowest BCUT2D eigenvalue weighted by atomic mass is 10.2. The van der Waals surface area contributed by atoms with Crippen molar-refractivity contribution in [1.29, 1.82) is 5.26 Å². The first-order valence-electron chi connectivity index (χ1n) is 8.46. The zero-order chi connectivity index (χ0) is 20.4. The van der Waals surface area contributed by atoms with Gasteiger partial charge in [-0.2, -0.15) is 5.26 Å². The van der Waals surface area contributed by atoms with E-state index in [-0.39, 0.29) is 6.61 Å². The zero-order valence-electron chi connectivity index (χ0n) is 15.5. The molecule has 0 radical (unpaired) electrons. The molecule has 7 nitrogen and oxygen atoms in total. The summed E-state index contributed by atoms with van der Waals surface area (Å²) in [5.41, 5.74) is 1.29. The van der Waals surface area contributed by atoms with Crippen molar-refractivity contribution in [2.45, 2.75) is 13.0 Å². The Balaban J connectivity index is 1.93. The first-order chi connectivity index (χ1) is 13.5. The minimum Gasteiger partial charge on any atom is -0.493 e. The van der Waals surface area contributed by atoms with Gasteiger partial charge >= 0.3 is 5.97 Å². The van der Waals surface area contributed by atoms with Gasteiger partial charge in [0.25, 0.3) is 5.91 Å². The molecule has 28 heavy (non-hydrogen) atoms. The second-order valence-corrected chi connectivity index (χ2v) is 5.62. The Morgan fingerprint density at radius 3 is 2.61 bits per heavy atom. The van der Waals surface area contributed by atoms with Gasteiger partial charge in [-0.25, -0.2) is 4.79 Å². The average Bonchev–Trinajstić information content (AvgIpc) is 2.71. The van der Waals surface area contributed by atoms with Gasteiger partial charge in [-0.3, -0.25) is 4.79 Å². The van der Waals surface area contributed by atoms with Crippen molar-refractivity contribution in [1.82, 2.24) is 0 Å². The van der Waals surface area contributed by atoms with Gasteiger partial charge in [-0.15, -0.1) is 0 Å². The average molecular weight is 380 g/mol. The van der Waals surface area contributed by atoms with E-state index >= 15 is 0 Å². The van der Waals surface area contributed by atoms with Crippen LogP contribution in [0, 0.1) is 11.3 Å². The number of nitrogens with zero attached hydrogens (tertiary/aromatic N) is 1. The van der Waals surface area contributed by atoms with Crippen LogP contribution in [-0.4, -0.2) is 31.7 Å². The van der Waals surface area contributed by atoms with Gasteiger partial charge < -0.3 is 19.5 Å². The van der Waals surface area contributed by atoms with Gasteiger partial charge in [0, 0.05) is 11.8 Å². The van der Waals surface area contributed by atoms with E-state index in [1.807, 2.05) is 12.1 Å². The highest BCUT2D eigenvalue weighted by Crippen LogP contribution is 2.28. The fraction of sp³-hybridized carbons (Fsp3) is 0.190. The molecule has 144 valence electrons. The Hall–Kier alpha value is -3.79. The molecule has 0 fully saturated rings. The fourth-order valence-corrected chi connectivity index (χ4v) is 2.21. The molecule has 0 aromatic heterocycles. The van der Waals surface area contributed by atoms with Crippen LogP contribution in [0.5, 0.6) is 11.5 Å². The Kier molecular flexibility index (Phi) is 7.61. The maximum Gasteiger partial charge on any atom is 0.331 e. The second kappa shape index (κ2) is 10.4. The molecule has 0 spiro atoms. The Bertz CT molecular complexity index is 887. The number of benzene rings is 2. The molecule has 0 aliphatic heterocycles. The van der Waals surface area contributed by atoms with Gasteiger partial charge in [-0.1, -0.05) is 24.3 Å². The number of anilines is 1. The molecule has 1 N–H and O–H groups in total. The van der Waals surface area contributed by atoms with Crippen LogP contribution in [0.25, 0.3) is 6.08 Å². The normalized spacial score (nSPS) is 11.3. The second-order valence-electron chi connectivity index (χ2n) is 5.62. The smallest absolute Gasteiger partial charge is 0.331 e. The van der Waals surface area contributed by atoms with Crippen molar-refractivity contribution in [3.8, 4) is 17.6 Å². The zero-order valence-corrected chi connectivity index (χ0v) is 15.5. The van der Waals surface area contributed by atoms with Gasteiger partial charge in [0.05, 0.1) is 7.11 Å². The lowest BCUT2D eigenvalue weighted by Gasteiger charge is -2.12. The van der Waals surface area contributed by atoms with Crippen LogP contribution in [-0.2, 0) is 14.3 Å². The molecule has 1 atom stereocenters. The number of methoxy groups -OCH3 is 1. The van der Waals surface area contributed by atoms with Gasteiger partial charge in [0.15, 0.2) is 24.2 Å². The maximum absolute atomic E-state index is 12.1. The summed E-state index contributed by atoms with van der Waals surface area (Å²) in [6.07, 6.45) is 1.80. The summed E-state index contributed by atoms with van der Waals surface area (Å²) in [6.45, 7) is 1.40. The van der Waals surface area contributed by atoms with E-state index in [0.29, 0.717) is 22.7 Å². The van der Waals surface area contributed by atoms with Crippen LogP contribution in [0.15, 0.2) is 54.6 Å². The molecule has 2 aromatic carbocycles. The number of carbonyl (C=O) groups excluding carboxylic acids is 2. The number of rotatable bonds is 8. The van der Waals surface area contributed by atoms with Crippen LogP contribution in [0.4, 0.5) is 5.69 Å². The van der Waals surface area contributed by atoms with Crippen LogP contribution in [0.3, 0.4) is 0 Å².